The van der Waals surface area contributed by atoms with Crippen LogP contribution in [-0.2, 0) is 0 Å². The Labute approximate surface area is 116 Å². The van der Waals surface area contributed by atoms with Gasteiger partial charge in [-0.25, -0.2) is 10.8 Å². The summed E-state index contributed by atoms with van der Waals surface area (Å²) in [5, 5.41) is 10.5. The molecule has 0 atom stereocenters. The molecule has 19 heavy (non-hydrogen) atoms. The molecule has 0 aromatic carbocycles. The van der Waals surface area contributed by atoms with Crippen molar-refractivity contribution in [1.29, 1.82) is 0 Å². The van der Waals surface area contributed by atoms with Crippen molar-refractivity contribution in [2.75, 3.05) is 24.0 Å². The van der Waals surface area contributed by atoms with Gasteiger partial charge < -0.3 is 10.0 Å². The molecule has 0 aliphatic carbocycles. The molecular formula is C12H19N5OS. The summed E-state index contributed by atoms with van der Waals surface area (Å²) in [5.74, 6) is 6.56. The molecule has 0 spiro atoms. The third-order valence-electron chi connectivity index (χ3n) is 3.24. The molecular weight excluding hydrogens is 262 g/mol. The Balaban J connectivity index is 2.63. The van der Waals surface area contributed by atoms with Crippen molar-refractivity contribution in [3.63, 3.8) is 0 Å². The van der Waals surface area contributed by atoms with Gasteiger partial charge in [-0.15, -0.1) is 11.3 Å². The number of anilines is 2. The number of rotatable bonds is 4. The molecule has 0 amide bonds. The van der Waals surface area contributed by atoms with E-state index >= 15 is 0 Å². The highest BCUT2D eigenvalue weighted by Crippen LogP contribution is 2.33. The molecule has 6 nitrogen and oxygen atoms in total. The molecule has 2 heterocycles. The SMILES string of the molecule is Cc1cc2c(N(C)C(C)(C)CO)nc(NN)nc2s1. The summed E-state index contributed by atoms with van der Waals surface area (Å²) in [7, 11) is 1.91. The molecule has 0 bridgehead atoms. The third kappa shape index (κ3) is 2.49. The number of nitrogens with zero attached hydrogens (tertiary/aromatic N) is 3. The molecule has 0 aliphatic heterocycles. The monoisotopic (exact) mass is 281 g/mol. The fourth-order valence-electron chi connectivity index (χ4n) is 1.74. The van der Waals surface area contributed by atoms with Gasteiger partial charge in [0.25, 0.3) is 0 Å². The lowest BCUT2D eigenvalue weighted by molar-refractivity contribution is 0.216. The number of aliphatic hydroxyl groups excluding tert-OH is 1. The van der Waals surface area contributed by atoms with E-state index in [2.05, 4.69) is 21.5 Å². The maximum absolute atomic E-state index is 9.51. The summed E-state index contributed by atoms with van der Waals surface area (Å²) in [5.41, 5.74) is 2.07. The average Bonchev–Trinajstić information content (AvgIpc) is 2.76. The van der Waals surface area contributed by atoms with Crippen LogP contribution in [0.15, 0.2) is 6.07 Å². The van der Waals surface area contributed by atoms with Crippen molar-refractivity contribution < 1.29 is 5.11 Å². The lowest BCUT2D eigenvalue weighted by Crippen LogP contribution is -2.45. The molecule has 7 heteroatoms. The minimum Gasteiger partial charge on any atom is -0.394 e. The summed E-state index contributed by atoms with van der Waals surface area (Å²) < 4.78 is 0. The van der Waals surface area contributed by atoms with Gasteiger partial charge in [0.1, 0.15) is 10.6 Å². The fraction of sp³-hybridized carbons (Fsp3) is 0.500. The first-order valence-corrected chi connectivity index (χ1v) is 6.80. The Bertz CT molecular complexity index is 595. The van der Waals surface area contributed by atoms with Crippen molar-refractivity contribution in [3.8, 4) is 0 Å². The molecule has 2 aromatic heterocycles. The van der Waals surface area contributed by atoms with Crippen molar-refractivity contribution in [2.24, 2.45) is 5.84 Å². The zero-order chi connectivity index (χ0) is 14.2. The van der Waals surface area contributed by atoms with Crippen LogP contribution in [-0.4, -0.2) is 34.3 Å². The number of aliphatic hydroxyl groups is 1. The zero-order valence-corrected chi connectivity index (χ0v) is 12.4. The van der Waals surface area contributed by atoms with E-state index in [-0.39, 0.29) is 6.61 Å². The van der Waals surface area contributed by atoms with Gasteiger partial charge in [-0.2, -0.15) is 4.98 Å². The molecule has 0 unspecified atom stereocenters. The van der Waals surface area contributed by atoms with Gasteiger partial charge in [0.15, 0.2) is 0 Å². The normalized spacial score (nSPS) is 11.9. The van der Waals surface area contributed by atoms with E-state index in [4.69, 9.17) is 5.84 Å². The van der Waals surface area contributed by atoms with E-state index in [1.807, 2.05) is 32.7 Å². The number of aromatic nitrogens is 2. The van der Waals surface area contributed by atoms with Gasteiger partial charge in [0.05, 0.1) is 17.5 Å². The van der Waals surface area contributed by atoms with E-state index in [9.17, 15) is 5.11 Å². The predicted octanol–water partition coefficient (Wildman–Crippen LogP) is 1.49. The third-order valence-corrected chi connectivity index (χ3v) is 4.18. The largest absolute Gasteiger partial charge is 0.394 e. The minimum absolute atomic E-state index is 0.0313. The molecule has 104 valence electrons. The molecule has 0 radical (unpaired) electrons. The van der Waals surface area contributed by atoms with Crippen molar-refractivity contribution in [2.45, 2.75) is 26.3 Å². The Morgan fingerprint density at radius 3 is 2.74 bits per heavy atom. The second-order valence-electron chi connectivity index (χ2n) is 5.12. The van der Waals surface area contributed by atoms with Crippen LogP contribution < -0.4 is 16.2 Å². The first-order chi connectivity index (χ1) is 8.89. The number of nitrogens with two attached hydrogens (primary N) is 1. The number of fused-ring (bicyclic) bond motifs is 1. The maximum Gasteiger partial charge on any atom is 0.240 e. The van der Waals surface area contributed by atoms with Gasteiger partial charge in [0, 0.05) is 11.9 Å². The second-order valence-corrected chi connectivity index (χ2v) is 6.36. The van der Waals surface area contributed by atoms with Crippen LogP contribution in [0.3, 0.4) is 0 Å². The van der Waals surface area contributed by atoms with E-state index in [0.29, 0.717) is 5.95 Å². The zero-order valence-electron chi connectivity index (χ0n) is 11.6. The minimum atomic E-state index is -0.414. The van der Waals surface area contributed by atoms with Gasteiger partial charge in [-0.05, 0) is 26.8 Å². The Morgan fingerprint density at radius 2 is 2.16 bits per heavy atom. The van der Waals surface area contributed by atoms with Gasteiger partial charge >= 0.3 is 0 Å². The van der Waals surface area contributed by atoms with Crippen molar-refractivity contribution in [3.05, 3.63) is 10.9 Å². The topological polar surface area (TPSA) is 87.3 Å². The predicted molar refractivity (Wildman–Crippen MR) is 79.5 cm³/mol. The van der Waals surface area contributed by atoms with Gasteiger partial charge in [0.2, 0.25) is 5.95 Å². The number of likely N-dealkylation sites (N-methyl/N-ethyl adjacent to an activating group) is 1. The first kappa shape index (κ1) is 14.0. The summed E-state index contributed by atoms with van der Waals surface area (Å²) in [6.07, 6.45) is 0. The highest BCUT2D eigenvalue weighted by molar-refractivity contribution is 7.18. The number of hydrogen-bond donors (Lipinski definition) is 3. The lowest BCUT2D eigenvalue weighted by Gasteiger charge is -2.35. The number of aryl methyl sites for hydroxylation is 1. The van der Waals surface area contributed by atoms with E-state index in [1.54, 1.807) is 11.3 Å². The smallest absolute Gasteiger partial charge is 0.240 e. The second kappa shape index (κ2) is 4.92. The van der Waals surface area contributed by atoms with Crippen LogP contribution in [0.1, 0.15) is 18.7 Å². The van der Waals surface area contributed by atoms with Crippen LogP contribution in [0.4, 0.5) is 11.8 Å². The van der Waals surface area contributed by atoms with Crippen LogP contribution in [0.25, 0.3) is 10.2 Å². The number of nitrogen functional groups attached to an aromatic ring is 1. The number of nitrogens with one attached hydrogen (secondary N) is 1. The van der Waals surface area contributed by atoms with E-state index < -0.39 is 5.54 Å². The Hall–Kier alpha value is -1.44. The van der Waals surface area contributed by atoms with Gasteiger partial charge in [-0.3, -0.25) is 5.43 Å². The molecule has 0 saturated carbocycles. The molecule has 0 fully saturated rings. The Kier molecular flexibility index (Phi) is 3.62. The van der Waals surface area contributed by atoms with E-state index in [1.165, 1.54) is 0 Å². The average molecular weight is 281 g/mol. The van der Waals surface area contributed by atoms with E-state index in [0.717, 1.165) is 20.9 Å². The molecule has 2 rings (SSSR count). The van der Waals surface area contributed by atoms with Crippen molar-refractivity contribution >= 4 is 33.3 Å². The summed E-state index contributed by atoms with van der Waals surface area (Å²) in [4.78, 5) is 12.8. The lowest BCUT2D eigenvalue weighted by atomic mass is 10.1. The summed E-state index contributed by atoms with van der Waals surface area (Å²) in [6, 6.07) is 2.06. The standard InChI is InChI=1S/C12H19N5OS/c1-7-5-8-9(17(4)12(2,3)6-18)14-11(16-13)15-10(8)19-7/h5,18H,6,13H2,1-4H3,(H,14,15,16). The first-order valence-electron chi connectivity index (χ1n) is 5.98. The number of hydrazine groups is 1. The molecule has 0 aliphatic rings. The quantitative estimate of drug-likeness (QED) is 0.581. The highest BCUT2D eigenvalue weighted by atomic mass is 32.1. The van der Waals surface area contributed by atoms with Crippen LogP contribution in [0, 0.1) is 6.92 Å². The van der Waals surface area contributed by atoms with Crippen molar-refractivity contribution in [1.82, 2.24) is 9.97 Å². The molecule has 0 saturated heterocycles. The summed E-state index contributed by atoms with van der Waals surface area (Å²) >= 11 is 1.60. The maximum atomic E-state index is 9.51. The van der Waals surface area contributed by atoms with Crippen LogP contribution in [0.2, 0.25) is 0 Å². The number of hydrogen-bond acceptors (Lipinski definition) is 7. The number of thiophene rings is 1. The molecule has 2 aromatic rings. The van der Waals surface area contributed by atoms with Gasteiger partial charge in [-0.1, -0.05) is 0 Å². The highest BCUT2D eigenvalue weighted by Gasteiger charge is 2.26. The van der Waals surface area contributed by atoms with Crippen LogP contribution >= 0.6 is 11.3 Å². The Morgan fingerprint density at radius 1 is 1.47 bits per heavy atom. The molecule has 4 N–H and O–H groups in total. The van der Waals surface area contributed by atoms with Crippen LogP contribution in [0.5, 0.6) is 0 Å². The fourth-order valence-corrected chi connectivity index (χ4v) is 2.61. The summed E-state index contributed by atoms with van der Waals surface area (Å²) in [6.45, 7) is 5.97.